The molecule has 1 fully saturated rings. The Labute approximate surface area is 161 Å². The summed E-state index contributed by atoms with van der Waals surface area (Å²) < 4.78 is 10.6. The zero-order valence-electron chi connectivity index (χ0n) is 16.1. The molecule has 27 heavy (non-hydrogen) atoms. The first-order valence-electron chi connectivity index (χ1n) is 9.37. The van der Waals surface area contributed by atoms with E-state index in [1.54, 1.807) is 12.0 Å². The largest absolute Gasteiger partial charge is 0.497 e. The molecule has 0 aliphatic carbocycles. The molecule has 5 heteroatoms. The van der Waals surface area contributed by atoms with E-state index in [1.807, 2.05) is 67.6 Å². The first kappa shape index (κ1) is 20.8. The van der Waals surface area contributed by atoms with Gasteiger partial charge in [0.2, 0.25) is 0 Å². The molecular formula is C22H29NO4. The molecule has 1 aliphatic heterocycles. The first-order valence-corrected chi connectivity index (χ1v) is 9.37. The summed E-state index contributed by atoms with van der Waals surface area (Å²) in [6, 6.07) is 19.7. The van der Waals surface area contributed by atoms with E-state index in [1.165, 1.54) is 0 Å². The van der Waals surface area contributed by atoms with E-state index >= 15 is 0 Å². The molecule has 1 N–H and O–H groups in total. The third-order valence-electron chi connectivity index (χ3n) is 4.61. The fourth-order valence-corrected chi connectivity index (χ4v) is 2.96. The lowest BCUT2D eigenvalue weighted by atomic mass is 10.0. The topological polar surface area (TPSA) is 59.0 Å². The average Bonchev–Trinajstić information content (AvgIpc) is 2.73. The van der Waals surface area contributed by atoms with E-state index in [4.69, 9.17) is 14.6 Å². The molecular weight excluding hydrogens is 342 g/mol. The summed E-state index contributed by atoms with van der Waals surface area (Å²) in [5.41, 5.74) is 1.06. The van der Waals surface area contributed by atoms with Gasteiger partial charge in [-0.15, -0.1) is 0 Å². The molecule has 5 nitrogen and oxygen atoms in total. The monoisotopic (exact) mass is 371 g/mol. The Balaban J connectivity index is 0.000000369. The van der Waals surface area contributed by atoms with Gasteiger partial charge in [-0.25, -0.2) is 4.79 Å². The van der Waals surface area contributed by atoms with Gasteiger partial charge >= 0.3 is 6.09 Å². The summed E-state index contributed by atoms with van der Waals surface area (Å²) in [7, 11) is 1.63. The summed E-state index contributed by atoms with van der Waals surface area (Å²) in [5.74, 6) is 0.802. The van der Waals surface area contributed by atoms with Crippen molar-refractivity contribution in [2.24, 2.45) is 0 Å². The number of hydrogen-bond acceptors (Lipinski definition) is 4. The van der Waals surface area contributed by atoms with Crippen LogP contribution in [0.2, 0.25) is 0 Å². The van der Waals surface area contributed by atoms with Crippen LogP contribution in [0.5, 0.6) is 5.75 Å². The number of carbonyl (C=O) groups excluding carboxylic acids is 1. The predicted octanol–water partition coefficient (Wildman–Crippen LogP) is 4.43. The van der Waals surface area contributed by atoms with Crippen LogP contribution in [0.25, 0.3) is 0 Å². The van der Waals surface area contributed by atoms with Crippen molar-refractivity contribution in [2.75, 3.05) is 20.3 Å². The zero-order chi connectivity index (χ0) is 19.5. The van der Waals surface area contributed by atoms with Gasteiger partial charge in [-0.3, -0.25) is 0 Å². The summed E-state index contributed by atoms with van der Waals surface area (Å²) >= 11 is 0. The van der Waals surface area contributed by atoms with Crippen molar-refractivity contribution in [1.29, 1.82) is 0 Å². The van der Waals surface area contributed by atoms with Crippen molar-refractivity contribution < 1.29 is 19.4 Å². The highest BCUT2D eigenvalue weighted by atomic mass is 16.6. The molecule has 0 bridgehead atoms. The number of aliphatic hydroxyl groups is 1. The second-order valence-electron chi connectivity index (χ2n) is 6.46. The van der Waals surface area contributed by atoms with Crippen LogP contribution >= 0.6 is 0 Å². The highest BCUT2D eigenvalue weighted by Gasteiger charge is 2.30. The fourth-order valence-electron chi connectivity index (χ4n) is 2.96. The second kappa shape index (κ2) is 11.2. The summed E-state index contributed by atoms with van der Waals surface area (Å²) in [4.78, 5) is 13.9. The minimum atomic E-state index is -0.271. The van der Waals surface area contributed by atoms with Gasteiger partial charge in [-0.1, -0.05) is 48.5 Å². The molecule has 146 valence electrons. The Morgan fingerprint density at radius 3 is 2.22 bits per heavy atom. The lowest BCUT2D eigenvalue weighted by Gasteiger charge is -2.35. The highest BCUT2D eigenvalue weighted by molar-refractivity contribution is 5.69. The number of aliphatic hydroxyl groups excluding tert-OH is 1. The van der Waals surface area contributed by atoms with E-state index in [0.717, 1.165) is 24.2 Å². The van der Waals surface area contributed by atoms with Gasteiger partial charge in [-0.2, -0.15) is 0 Å². The number of cyclic esters (lactones) is 1. The van der Waals surface area contributed by atoms with Crippen LogP contribution in [-0.2, 0) is 4.74 Å². The van der Waals surface area contributed by atoms with Crippen LogP contribution in [0.1, 0.15) is 37.8 Å². The molecule has 0 aromatic heterocycles. The quantitative estimate of drug-likeness (QED) is 0.816. The molecule has 2 unspecified atom stereocenters. The zero-order valence-corrected chi connectivity index (χ0v) is 16.1. The van der Waals surface area contributed by atoms with Gasteiger partial charge < -0.3 is 19.5 Å². The first-order chi connectivity index (χ1) is 13.2. The molecule has 1 heterocycles. The van der Waals surface area contributed by atoms with Crippen molar-refractivity contribution in [1.82, 2.24) is 4.90 Å². The molecule has 1 amide bonds. The Morgan fingerprint density at radius 1 is 1.15 bits per heavy atom. The van der Waals surface area contributed by atoms with Crippen LogP contribution in [-0.4, -0.2) is 42.5 Å². The number of hydrogen-bond donors (Lipinski definition) is 1. The number of amides is 1. The molecule has 2 atom stereocenters. The van der Waals surface area contributed by atoms with Crippen molar-refractivity contribution in [3.63, 3.8) is 0 Å². The number of nitrogens with zero attached hydrogens (tertiary/aromatic N) is 1. The molecule has 0 saturated carbocycles. The SMILES string of the molecule is COc1ccc(C(C)N2CCC(CCCO)OC2=O)cc1.c1ccccc1. The molecule has 2 aromatic carbocycles. The van der Waals surface area contributed by atoms with E-state index in [0.29, 0.717) is 13.0 Å². The molecule has 2 aromatic rings. The lowest BCUT2D eigenvalue weighted by molar-refractivity contribution is 0.00760. The fraction of sp³-hybridized carbons (Fsp3) is 0.409. The van der Waals surface area contributed by atoms with E-state index in [9.17, 15) is 4.79 Å². The van der Waals surface area contributed by atoms with Crippen LogP contribution in [0, 0.1) is 0 Å². The van der Waals surface area contributed by atoms with Gasteiger partial charge in [0.1, 0.15) is 11.9 Å². The van der Waals surface area contributed by atoms with Gasteiger partial charge in [0.05, 0.1) is 13.2 Å². The highest BCUT2D eigenvalue weighted by Crippen LogP contribution is 2.27. The minimum absolute atomic E-state index is 0.0257. The van der Waals surface area contributed by atoms with Crippen LogP contribution in [0.3, 0.4) is 0 Å². The van der Waals surface area contributed by atoms with E-state index < -0.39 is 0 Å². The van der Waals surface area contributed by atoms with Crippen molar-refractivity contribution in [2.45, 2.75) is 38.3 Å². The minimum Gasteiger partial charge on any atom is -0.497 e. The van der Waals surface area contributed by atoms with Crippen LogP contribution < -0.4 is 4.74 Å². The van der Waals surface area contributed by atoms with Crippen LogP contribution in [0.15, 0.2) is 60.7 Å². The van der Waals surface area contributed by atoms with E-state index in [-0.39, 0.29) is 24.8 Å². The van der Waals surface area contributed by atoms with Crippen molar-refractivity contribution in [3.05, 3.63) is 66.2 Å². The number of benzene rings is 2. The van der Waals surface area contributed by atoms with Crippen molar-refractivity contribution >= 4 is 6.09 Å². The average molecular weight is 371 g/mol. The number of ether oxygens (including phenoxy) is 2. The Bertz CT molecular complexity index is 633. The molecule has 0 radical (unpaired) electrons. The smallest absolute Gasteiger partial charge is 0.410 e. The maximum absolute atomic E-state index is 12.1. The van der Waals surface area contributed by atoms with E-state index in [2.05, 4.69) is 0 Å². The summed E-state index contributed by atoms with van der Waals surface area (Å²) in [6.45, 7) is 2.82. The summed E-state index contributed by atoms with van der Waals surface area (Å²) in [6.07, 6.45) is 1.88. The second-order valence-corrected chi connectivity index (χ2v) is 6.46. The van der Waals surface area contributed by atoms with Gasteiger partial charge in [0.15, 0.2) is 0 Å². The number of rotatable bonds is 6. The third kappa shape index (κ3) is 6.61. The lowest BCUT2D eigenvalue weighted by Crippen LogP contribution is -2.43. The predicted molar refractivity (Wildman–Crippen MR) is 106 cm³/mol. The third-order valence-corrected chi connectivity index (χ3v) is 4.61. The Hall–Kier alpha value is -2.53. The molecule has 1 aliphatic rings. The summed E-state index contributed by atoms with van der Waals surface area (Å²) in [5, 5.41) is 8.83. The maximum Gasteiger partial charge on any atom is 0.410 e. The molecule has 1 saturated heterocycles. The number of methoxy groups -OCH3 is 1. The molecule has 0 spiro atoms. The standard InChI is InChI=1S/C16H23NO4.C6H6/c1-12(13-5-7-14(20-2)8-6-13)17-10-9-15(4-3-11-18)21-16(17)19;1-2-4-6-5-3-1/h5-8,12,15,18H,3-4,9-11H2,1-2H3;1-6H. The Morgan fingerprint density at radius 2 is 1.74 bits per heavy atom. The van der Waals surface area contributed by atoms with Gasteiger partial charge in [0.25, 0.3) is 0 Å². The van der Waals surface area contributed by atoms with Crippen LogP contribution in [0.4, 0.5) is 4.79 Å². The normalized spacial score (nSPS) is 17.4. The van der Waals surface area contributed by atoms with Gasteiger partial charge in [0, 0.05) is 19.6 Å². The van der Waals surface area contributed by atoms with Gasteiger partial charge in [-0.05, 0) is 37.5 Å². The maximum atomic E-state index is 12.1. The number of carbonyl (C=O) groups is 1. The Kier molecular flexibility index (Phi) is 8.65. The van der Waals surface area contributed by atoms with Crippen molar-refractivity contribution in [3.8, 4) is 5.75 Å². The molecule has 3 rings (SSSR count).